The molecular weight excluding hydrogens is 222 g/mol. The summed E-state index contributed by atoms with van der Waals surface area (Å²) in [6, 6.07) is 5.73. The molecule has 0 aromatic carbocycles. The highest BCUT2D eigenvalue weighted by atomic mass is 28.3. The number of nitrogens with zero attached hydrogens (tertiary/aromatic N) is 1. The van der Waals surface area contributed by atoms with Crippen molar-refractivity contribution in [1.82, 2.24) is 4.90 Å². The first-order valence-corrected chi connectivity index (χ1v) is 10.4. The number of likely N-dealkylation sites (tertiary alicyclic amines) is 1. The van der Waals surface area contributed by atoms with Crippen LogP contribution in [0, 0.1) is 0 Å². The van der Waals surface area contributed by atoms with Gasteiger partial charge in [-0.3, -0.25) is 0 Å². The average Bonchev–Trinajstić information content (AvgIpc) is 2.39. The van der Waals surface area contributed by atoms with Gasteiger partial charge in [0.15, 0.2) is 0 Å². The molecule has 17 heavy (non-hydrogen) atoms. The van der Waals surface area contributed by atoms with Gasteiger partial charge in [-0.2, -0.15) is 0 Å². The Labute approximate surface area is 109 Å². The van der Waals surface area contributed by atoms with Crippen molar-refractivity contribution in [3.05, 3.63) is 12.7 Å². The topological polar surface area (TPSA) is 3.24 Å². The Morgan fingerprint density at radius 2 is 1.76 bits per heavy atom. The van der Waals surface area contributed by atoms with Gasteiger partial charge in [0, 0.05) is 0 Å². The summed E-state index contributed by atoms with van der Waals surface area (Å²) >= 11 is 0. The van der Waals surface area contributed by atoms with Crippen molar-refractivity contribution in [3.8, 4) is 0 Å². The first-order chi connectivity index (χ1) is 8.26. The Hall–Kier alpha value is -0.0831. The van der Waals surface area contributed by atoms with E-state index in [1.165, 1.54) is 69.5 Å². The Balaban J connectivity index is 2.28. The molecule has 0 spiro atoms. The number of allylic oxidation sites excluding steroid dienone is 1. The monoisotopic (exact) mass is 253 g/mol. The standard InChI is InChI=1S/C15H31NSi/c1-4-14-17(5-2,6-3)15-10-13-16-11-8-7-9-12-16/h4H,1,5-15H2,2-3H3. The van der Waals surface area contributed by atoms with Crippen LogP contribution in [-0.4, -0.2) is 32.6 Å². The third kappa shape index (κ3) is 4.97. The van der Waals surface area contributed by atoms with Gasteiger partial charge in [-0.1, -0.05) is 44.5 Å². The SMILES string of the molecule is C=CC[Si](CC)(CC)CCCN1CCCCC1. The molecule has 0 aromatic heterocycles. The van der Waals surface area contributed by atoms with E-state index in [9.17, 15) is 0 Å². The van der Waals surface area contributed by atoms with Gasteiger partial charge >= 0.3 is 0 Å². The zero-order chi connectivity index (χ0) is 12.6. The fraction of sp³-hybridized carbons (Fsp3) is 0.867. The third-order valence-corrected chi connectivity index (χ3v) is 10.3. The van der Waals surface area contributed by atoms with E-state index in [-0.39, 0.29) is 0 Å². The van der Waals surface area contributed by atoms with Crippen molar-refractivity contribution >= 4 is 8.07 Å². The summed E-state index contributed by atoms with van der Waals surface area (Å²) in [6.07, 6.45) is 7.92. The molecule has 0 amide bonds. The van der Waals surface area contributed by atoms with E-state index >= 15 is 0 Å². The van der Waals surface area contributed by atoms with Crippen LogP contribution in [0.1, 0.15) is 39.5 Å². The Kier molecular flexibility index (Phi) is 7.13. The molecule has 0 bridgehead atoms. The molecule has 1 aliphatic rings. The molecule has 1 heterocycles. The summed E-state index contributed by atoms with van der Waals surface area (Å²) in [7, 11) is -0.973. The van der Waals surface area contributed by atoms with Crippen molar-refractivity contribution in [2.24, 2.45) is 0 Å². The van der Waals surface area contributed by atoms with E-state index in [4.69, 9.17) is 0 Å². The van der Waals surface area contributed by atoms with Crippen LogP contribution in [0.5, 0.6) is 0 Å². The number of piperidine rings is 1. The molecule has 1 nitrogen and oxygen atoms in total. The lowest BCUT2D eigenvalue weighted by atomic mass is 10.1. The number of hydrogen-bond donors (Lipinski definition) is 0. The Bertz CT molecular complexity index is 205. The third-order valence-electron chi connectivity index (χ3n) is 4.71. The predicted molar refractivity (Wildman–Crippen MR) is 81.4 cm³/mol. The fourth-order valence-corrected chi connectivity index (χ4v) is 6.67. The summed E-state index contributed by atoms with van der Waals surface area (Å²) in [6.45, 7) is 12.8. The predicted octanol–water partition coefficient (Wildman–Crippen LogP) is 4.54. The molecule has 0 aromatic rings. The molecule has 1 aliphatic heterocycles. The molecule has 1 saturated heterocycles. The highest BCUT2D eigenvalue weighted by Crippen LogP contribution is 2.27. The maximum absolute atomic E-state index is 3.96. The van der Waals surface area contributed by atoms with Gasteiger partial charge < -0.3 is 4.90 Å². The molecule has 1 rings (SSSR count). The zero-order valence-corrected chi connectivity index (χ0v) is 13.0. The van der Waals surface area contributed by atoms with Gasteiger partial charge in [0.25, 0.3) is 0 Å². The number of hydrogen-bond acceptors (Lipinski definition) is 1. The quantitative estimate of drug-likeness (QED) is 0.453. The van der Waals surface area contributed by atoms with Crippen molar-refractivity contribution in [3.63, 3.8) is 0 Å². The van der Waals surface area contributed by atoms with E-state index in [1.54, 1.807) is 0 Å². The first-order valence-electron chi connectivity index (χ1n) is 7.59. The van der Waals surface area contributed by atoms with E-state index < -0.39 is 8.07 Å². The van der Waals surface area contributed by atoms with E-state index in [0.717, 1.165) is 0 Å². The van der Waals surface area contributed by atoms with Crippen molar-refractivity contribution in [1.29, 1.82) is 0 Å². The minimum atomic E-state index is -0.973. The Morgan fingerprint density at radius 3 is 2.29 bits per heavy atom. The van der Waals surface area contributed by atoms with Gasteiger partial charge in [0.2, 0.25) is 0 Å². The molecule has 100 valence electrons. The maximum atomic E-state index is 3.96. The smallest absolute Gasteiger partial charge is 0.0568 e. The summed E-state index contributed by atoms with van der Waals surface area (Å²) in [5, 5.41) is 0. The highest BCUT2D eigenvalue weighted by Gasteiger charge is 2.26. The lowest BCUT2D eigenvalue weighted by molar-refractivity contribution is 0.229. The van der Waals surface area contributed by atoms with Gasteiger partial charge in [-0.25, -0.2) is 0 Å². The minimum Gasteiger partial charge on any atom is -0.303 e. The van der Waals surface area contributed by atoms with Crippen molar-refractivity contribution in [2.75, 3.05) is 19.6 Å². The number of rotatable bonds is 8. The van der Waals surface area contributed by atoms with E-state index in [0.29, 0.717) is 0 Å². The zero-order valence-electron chi connectivity index (χ0n) is 12.0. The van der Waals surface area contributed by atoms with Gasteiger partial charge in [0.05, 0.1) is 8.07 Å². The van der Waals surface area contributed by atoms with E-state index in [1.807, 2.05) is 0 Å². The second-order valence-electron chi connectivity index (χ2n) is 5.71. The molecule has 0 aliphatic carbocycles. The maximum Gasteiger partial charge on any atom is 0.0568 e. The van der Waals surface area contributed by atoms with Crippen LogP contribution in [0.2, 0.25) is 24.2 Å². The lowest BCUT2D eigenvalue weighted by Crippen LogP contribution is -2.35. The summed E-state index contributed by atoms with van der Waals surface area (Å²) in [5.41, 5.74) is 0. The molecule has 0 radical (unpaired) electrons. The molecular formula is C15H31NSi. The fourth-order valence-electron chi connectivity index (χ4n) is 3.16. The largest absolute Gasteiger partial charge is 0.303 e. The molecule has 0 unspecified atom stereocenters. The second kappa shape index (κ2) is 8.10. The van der Waals surface area contributed by atoms with Crippen molar-refractivity contribution < 1.29 is 0 Å². The molecule has 2 heteroatoms. The van der Waals surface area contributed by atoms with Crippen LogP contribution in [0.25, 0.3) is 0 Å². The van der Waals surface area contributed by atoms with Gasteiger partial charge in [0.1, 0.15) is 0 Å². The molecule has 0 N–H and O–H groups in total. The van der Waals surface area contributed by atoms with Crippen LogP contribution in [0.3, 0.4) is 0 Å². The molecule has 1 fully saturated rings. The second-order valence-corrected chi connectivity index (χ2v) is 11.0. The van der Waals surface area contributed by atoms with E-state index in [2.05, 4.69) is 31.4 Å². The normalized spacial score (nSPS) is 18.2. The van der Waals surface area contributed by atoms with Crippen molar-refractivity contribution in [2.45, 2.75) is 63.7 Å². The highest BCUT2D eigenvalue weighted by molar-refractivity contribution is 6.80. The Morgan fingerprint density at radius 1 is 1.12 bits per heavy atom. The van der Waals surface area contributed by atoms with Gasteiger partial charge in [-0.05, 0) is 44.9 Å². The molecule has 0 atom stereocenters. The van der Waals surface area contributed by atoms with Crippen LogP contribution in [0.15, 0.2) is 12.7 Å². The summed E-state index contributed by atoms with van der Waals surface area (Å²) in [4.78, 5) is 2.68. The van der Waals surface area contributed by atoms with Gasteiger partial charge in [-0.15, -0.1) is 6.58 Å². The van der Waals surface area contributed by atoms with Crippen LogP contribution in [0.4, 0.5) is 0 Å². The van der Waals surface area contributed by atoms with Crippen LogP contribution >= 0.6 is 0 Å². The average molecular weight is 254 g/mol. The summed E-state index contributed by atoms with van der Waals surface area (Å²) < 4.78 is 0. The molecule has 0 saturated carbocycles. The lowest BCUT2D eigenvalue weighted by Gasteiger charge is -2.31. The minimum absolute atomic E-state index is 0.973. The first kappa shape index (κ1) is 15.0. The van der Waals surface area contributed by atoms with Crippen LogP contribution < -0.4 is 0 Å². The van der Waals surface area contributed by atoms with Crippen LogP contribution in [-0.2, 0) is 0 Å². The summed E-state index contributed by atoms with van der Waals surface area (Å²) in [5.74, 6) is 0.